The molecule has 5 nitrogen and oxygen atoms in total. The molecule has 0 spiro atoms. The topological polar surface area (TPSA) is 66.8 Å². The van der Waals surface area contributed by atoms with Crippen LogP contribution in [0.15, 0.2) is 60.7 Å². The smallest absolute Gasteiger partial charge is 0.253 e. The van der Waals surface area contributed by atoms with Crippen LogP contribution >= 0.6 is 23.2 Å². The molecule has 0 bridgehead atoms. The van der Waals surface area contributed by atoms with Crippen molar-refractivity contribution in [2.75, 3.05) is 37.1 Å². The van der Waals surface area contributed by atoms with E-state index in [9.17, 15) is 9.59 Å². The van der Waals surface area contributed by atoms with Crippen molar-refractivity contribution in [3.05, 3.63) is 66.2 Å². The van der Waals surface area contributed by atoms with Gasteiger partial charge in [0, 0.05) is 18.8 Å². The first kappa shape index (κ1) is 24.1. The largest absolute Gasteiger partial charge is 0.396 e. The number of benzene rings is 2. The van der Waals surface area contributed by atoms with Gasteiger partial charge in [0.15, 0.2) is 0 Å². The molecule has 1 aliphatic heterocycles. The first-order valence-corrected chi connectivity index (χ1v) is 9.82. The Morgan fingerprint density at radius 2 is 1.64 bits per heavy atom. The zero-order chi connectivity index (χ0) is 20.6. The fourth-order valence-electron chi connectivity index (χ4n) is 2.33. The number of hydrogen-bond acceptors (Lipinski definition) is 4. The molecule has 1 heterocycles. The van der Waals surface area contributed by atoms with Crippen molar-refractivity contribution < 1.29 is 19.4 Å². The fourth-order valence-corrected chi connectivity index (χ4v) is 2.33. The third kappa shape index (κ3) is 10.4. The van der Waals surface area contributed by atoms with Gasteiger partial charge in [-0.2, -0.15) is 0 Å². The van der Waals surface area contributed by atoms with Crippen LogP contribution in [0.25, 0.3) is 0 Å². The van der Waals surface area contributed by atoms with Gasteiger partial charge in [-0.3, -0.25) is 9.59 Å². The van der Waals surface area contributed by atoms with Crippen LogP contribution in [-0.2, 0) is 20.7 Å². The summed E-state index contributed by atoms with van der Waals surface area (Å²) in [5.74, 6) is -0.0564. The summed E-state index contributed by atoms with van der Waals surface area (Å²) in [7, 11) is 0. The average Bonchev–Trinajstić information content (AvgIpc) is 2.75. The number of morpholine rings is 1. The number of aliphatic hydroxyl groups is 1. The Balaban J connectivity index is 0.000000233. The molecule has 0 radical (unpaired) electrons. The summed E-state index contributed by atoms with van der Waals surface area (Å²) in [5, 5.41) is 8.02. The van der Waals surface area contributed by atoms with E-state index in [1.165, 1.54) is 5.56 Å². The van der Waals surface area contributed by atoms with Crippen LogP contribution in [0.1, 0.15) is 12.0 Å². The summed E-state index contributed by atoms with van der Waals surface area (Å²) < 4.78 is 5.04. The van der Waals surface area contributed by atoms with Crippen LogP contribution in [0, 0.1) is 0 Å². The summed E-state index contributed by atoms with van der Waals surface area (Å²) in [6, 6.07) is 19.9. The van der Waals surface area contributed by atoms with Gasteiger partial charge in [0.2, 0.25) is 5.24 Å². The molecule has 0 aromatic heterocycles. The van der Waals surface area contributed by atoms with Crippen LogP contribution in [0.3, 0.4) is 0 Å². The summed E-state index contributed by atoms with van der Waals surface area (Å²) in [6.45, 7) is 1.77. The fraction of sp³-hybridized carbons (Fsp3) is 0.333. The Morgan fingerprint density at radius 1 is 1.07 bits per heavy atom. The van der Waals surface area contributed by atoms with Crippen molar-refractivity contribution in [3.8, 4) is 0 Å². The molecule has 7 heteroatoms. The van der Waals surface area contributed by atoms with E-state index in [0.29, 0.717) is 13.2 Å². The van der Waals surface area contributed by atoms with E-state index in [0.717, 1.165) is 18.5 Å². The Hall–Kier alpha value is -1.92. The molecule has 1 amide bonds. The van der Waals surface area contributed by atoms with Crippen molar-refractivity contribution in [1.82, 2.24) is 0 Å². The number of rotatable bonds is 5. The molecule has 1 N–H and O–H groups in total. The number of anilines is 1. The Bertz CT molecular complexity index is 683. The highest BCUT2D eigenvalue weighted by atomic mass is 35.5. The number of halogens is 2. The minimum absolute atomic E-state index is 0.0393. The highest BCUT2D eigenvalue weighted by Gasteiger charge is 2.19. The van der Waals surface area contributed by atoms with Gasteiger partial charge < -0.3 is 14.7 Å². The number of carbonyl (C=O) groups is 2. The number of carbonyl (C=O) groups excluding carboxylic acids is 2. The number of ether oxygens (including phenoxy) is 1. The molecule has 1 saturated heterocycles. The van der Waals surface area contributed by atoms with Crippen LogP contribution in [0.2, 0.25) is 0 Å². The molecule has 1 aliphatic rings. The van der Waals surface area contributed by atoms with Crippen LogP contribution in [0.5, 0.6) is 0 Å². The van der Waals surface area contributed by atoms with Crippen LogP contribution in [0.4, 0.5) is 5.69 Å². The van der Waals surface area contributed by atoms with Crippen molar-refractivity contribution in [2.24, 2.45) is 0 Å². The normalized spacial score (nSPS) is 13.0. The predicted octanol–water partition coefficient (Wildman–Crippen LogP) is 3.65. The molecular weight excluding hydrogens is 401 g/mol. The number of para-hydroxylation sites is 1. The molecule has 28 heavy (non-hydrogen) atoms. The zero-order valence-electron chi connectivity index (χ0n) is 15.6. The highest BCUT2D eigenvalue weighted by molar-refractivity contribution is 6.67. The van der Waals surface area contributed by atoms with Crippen LogP contribution in [-0.4, -0.2) is 48.5 Å². The van der Waals surface area contributed by atoms with E-state index in [4.69, 9.17) is 33.0 Å². The minimum Gasteiger partial charge on any atom is -0.396 e. The molecule has 2 aromatic carbocycles. The van der Waals surface area contributed by atoms with Gasteiger partial charge in [-0.25, -0.2) is 0 Å². The second kappa shape index (κ2) is 15.1. The Kier molecular flexibility index (Phi) is 13.0. The van der Waals surface area contributed by atoms with Gasteiger partial charge in [0.25, 0.3) is 5.91 Å². The molecular formula is C21H25Cl2NO4. The van der Waals surface area contributed by atoms with Gasteiger partial charge >= 0.3 is 0 Å². The Morgan fingerprint density at radius 3 is 2.14 bits per heavy atom. The lowest BCUT2D eigenvalue weighted by Gasteiger charge is -2.26. The van der Waals surface area contributed by atoms with Crippen LogP contribution < -0.4 is 4.90 Å². The van der Waals surface area contributed by atoms with E-state index in [2.05, 4.69) is 12.1 Å². The maximum Gasteiger partial charge on any atom is 0.253 e. The summed E-state index contributed by atoms with van der Waals surface area (Å²) >= 11 is 9.55. The summed E-state index contributed by atoms with van der Waals surface area (Å²) in [4.78, 5) is 22.6. The summed E-state index contributed by atoms with van der Waals surface area (Å²) in [5.41, 5.74) is 2.26. The SMILES string of the molecule is O=C(Cl)CCl.O=C1COCCN1c1ccccc1.OCCCc1ccccc1. The van der Waals surface area contributed by atoms with E-state index in [1.807, 2.05) is 48.5 Å². The molecule has 0 atom stereocenters. The first-order chi connectivity index (χ1) is 13.6. The van der Waals surface area contributed by atoms with Crippen molar-refractivity contribution in [1.29, 1.82) is 0 Å². The maximum absolute atomic E-state index is 11.4. The lowest BCUT2D eigenvalue weighted by Crippen LogP contribution is -2.41. The second-order valence-electron chi connectivity index (χ2n) is 5.74. The van der Waals surface area contributed by atoms with Gasteiger partial charge in [-0.05, 0) is 42.1 Å². The lowest BCUT2D eigenvalue weighted by atomic mass is 10.1. The standard InChI is InChI=1S/C10H11NO2.C9H12O.C2H2Cl2O/c12-10-8-13-7-6-11(10)9-4-2-1-3-5-9;10-8-4-7-9-5-2-1-3-6-9;3-1-2(4)5/h1-5H,6-8H2;1-3,5-6,10H,4,7-8H2;1H2. The highest BCUT2D eigenvalue weighted by Crippen LogP contribution is 2.14. The van der Waals surface area contributed by atoms with Gasteiger partial charge in [-0.1, -0.05) is 48.5 Å². The number of hydrogen-bond donors (Lipinski definition) is 1. The van der Waals surface area contributed by atoms with Gasteiger partial charge in [0.1, 0.15) is 6.61 Å². The number of nitrogens with zero attached hydrogens (tertiary/aromatic N) is 1. The minimum atomic E-state index is -0.508. The number of aryl methyl sites for hydroxylation is 1. The third-order valence-corrected chi connectivity index (χ3v) is 4.14. The second-order valence-corrected chi connectivity index (χ2v) is 6.42. The number of aliphatic hydroxyl groups excluding tert-OH is 1. The monoisotopic (exact) mass is 425 g/mol. The average molecular weight is 426 g/mol. The molecule has 2 aromatic rings. The maximum atomic E-state index is 11.4. The molecule has 3 rings (SSSR count). The van der Waals surface area contributed by atoms with Gasteiger partial charge in [-0.15, -0.1) is 11.6 Å². The lowest BCUT2D eigenvalue weighted by molar-refractivity contribution is -0.125. The van der Waals surface area contributed by atoms with Gasteiger partial charge in [0.05, 0.1) is 12.5 Å². The van der Waals surface area contributed by atoms with E-state index < -0.39 is 5.24 Å². The summed E-state index contributed by atoms with van der Waals surface area (Å²) in [6.07, 6.45) is 1.85. The molecule has 0 unspecified atom stereocenters. The van der Waals surface area contributed by atoms with E-state index in [1.54, 1.807) is 4.90 Å². The zero-order valence-corrected chi connectivity index (χ0v) is 17.1. The van der Waals surface area contributed by atoms with E-state index >= 15 is 0 Å². The molecule has 1 fully saturated rings. The quantitative estimate of drug-likeness (QED) is 0.586. The van der Waals surface area contributed by atoms with Crippen molar-refractivity contribution in [2.45, 2.75) is 12.8 Å². The van der Waals surface area contributed by atoms with Crippen molar-refractivity contribution in [3.63, 3.8) is 0 Å². The number of amides is 1. The predicted molar refractivity (Wildman–Crippen MR) is 113 cm³/mol. The Labute approximate surface area is 175 Å². The number of alkyl halides is 1. The first-order valence-electron chi connectivity index (χ1n) is 8.90. The van der Waals surface area contributed by atoms with E-state index in [-0.39, 0.29) is 25.0 Å². The van der Waals surface area contributed by atoms with Crippen molar-refractivity contribution >= 4 is 40.0 Å². The molecule has 152 valence electrons. The molecule has 0 aliphatic carbocycles. The molecule has 0 saturated carbocycles. The third-order valence-electron chi connectivity index (χ3n) is 3.63.